The molecule has 9 heteroatoms. The van der Waals surface area contributed by atoms with E-state index in [1.165, 1.54) is 26.2 Å². The molecule has 1 aromatic rings. The van der Waals surface area contributed by atoms with Crippen molar-refractivity contribution in [3.05, 3.63) is 41.6 Å². The number of ether oxygens (including phenoxy) is 1. The van der Waals surface area contributed by atoms with Crippen molar-refractivity contribution in [1.82, 2.24) is 10.9 Å². The molecule has 0 aliphatic rings. The highest BCUT2D eigenvalue weighted by Crippen LogP contribution is 2.30. The van der Waals surface area contributed by atoms with Crippen molar-refractivity contribution in [3.8, 4) is 0 Å². The Bertz CT molecular complexity index is 600. The van der Waals surface area contributed by atoms with Crippen molar-refractivity contribution in [2.24, 2.45) is 0 Å². The van der Waals surface area contributed by atoms with Gasteiger partial charge in [0.15, 0.2) is 0 Å². The summed E-state index contributed by atoms with van der Waals surface area (Å²) in [5, 5.41) is 2.31. The van der Waals surface area contributed by atoms with Crippen molar-refractivity contribution in [2.45, 2.75) is 13.1 Å². The molecule has 6 nitrogen and oxygen atoms in total. The molecule has 1 aromatic carbocycles. The van der Waals surface area contributed by atoms with Gasteiger partial charge in [0.1, 0.15) is 6.61 Å². The van der Waals surface area contributed by atoms with Crippen molar-refractivity contribution in [2.75, 3.05) is 19.0 Å². The Hall–Kier alpha value is -2.55. The van der Waals surface area contributed by atoms with Gasteiger partial charge >= 0.3 is 6.18 Å². The van der Waals surface area contributed by atoms with E-state index in [2.05, 4.69) is 20.9 Å². The maximum absolute atomic E-state index is 12.6. The number of nitrogens with one attached hydrogen (secondary N) is 3. The van der Waals surface area contributed by atoms with Crippen LogP contribution in [0.3, 0.4) is 0 Å². The van der Waals surface area contributed by atoms with Crippen LogP contribution >= 0.6 is 0 Å². The van der Waals surface area contributed by atoms with E-state index in [1.807, 2.05) is 0 Å². The summed E-state index contributed by atoms with van der Waals surface area (Å²) < 4.78 is 42.3. The van der Waals surface area contributed by atoms with E-state index in [0.717, 1.165) is 18.2 Å². The topological polar surface area (TPSA) is 79.5 Å². The molecule has 0 aromatic heterocycles. The van der Waals surface area contributed by atoms with Gasteiger partial charge in [-0.25, -0.2) is 0 Å². The molecule has 0 spiro atoms. The number of allylic oxidation sites excluding steroid dienone is 1. The molecular weight excluding hydrogens is 315 g/mol. The molecule has 0 saturated heterocycles. The standard InChI is InChI=1S/C14H16F3N3O3/c1-9(19-20-13(22)8-23-2)6-12(21)18-11-5-3-4-10(7-11)14(15,16)17/h3-7,19H,8H2,1-2H3,(H,18,21)(H,20,22)/b9-6+. The normalized spacial score (nSPS) is 11.8. The molecule has 0 heterocycles. The fraction of sp³-hybridized carbons (Fsp3) is 0.286. The summed E-state index contributed by atoms with van der Waals surface area (Å²) in [5.41, 5.74) is 4.17. The van der Waals surface area contributed by atoms with Crippen molar-refractivity contribution >= 4 is 17.5 Å². The van der Waals surface area contributed by atoms with Crippen molar-refractivity contribution in [1.29, 1.82) is 0 Å². The maximum Gasteiger partial charge on any atom is 0.416 e. The number of alkyl halides is 3. The second-order valence-corrected chi connectivity index (χ2v) is 4.50. The quantitative estimate of drug-likeness (QED) is 0.549. The van der Waals surface area contributed by atoms with Crippen LogP contribution in [0, 0.1) is 0 Å². The van der Waals surface area contributed by atoms with E-state index in [9.17, 15) is 22.8 Å². The maximum atomic E-state index is 12.6. The highest BCUT2D eigenvalue weighted by Gasteiger charge is 2.30. The van der Waals surface area contributed by atoms with Gasteiger partial charge in [-0.15, -0.1) is 0 Å². The Morgan fingerprint density at radius 3 is 2.57 bits per heavy atom. The smallest absolute Gasteiger partial charge is 0.375 e. The van der Waals surface area contributed by atoms with Crippen LogP contribution in [0.5, 0.6) is 0 Å². The lowest BCUT2D eigenvalue weighted by molar-refractivity contribution is -0.137. The van der Waals surface area contributed by atoms with E-state index < -0.39 is 23.6 Å². The molecule has 0 radical (unpaired) electrons. The third kappa shape index (κ3) is 6.83. The SMILES string of the molecule is COCC(=O)NN/C(C)=C/C(=O)Nc1cccc(C(F)(F)F)c1. The molecule has 3 N–H and O–H groups in total. The molecule has 0 bridgehead atoms. The van der Waals surface area contributed by atoms with Crippen LogP contribution in [0.25, 0.3) is 0 Å². The van der Waals surface area contributed by atoms with E-state index >= 15 is 0 Å². The highest BCUT2D eigenvalue weighted by molar-refractivity contribution is 5.99. The molecule has 0 fully saturated rings. The number of carbonyl (C=O) groups excluding carboxylic acids is 2. The minimum absolute atomic E-state index is 0.0114. The first-order valence-corrected chi connectivity index (χ1v) is 6.42. The van der Waals surface area contributed by atoms with E-state index in [4.69, 9.17) is 0 Å². The summed E-state index contributed by atoms with van der Waals surface area (Å²) in [6.45, 7) is 1.34. The third-order valence-corrected chi connectivity index (χ3v) is 2.48. The number of benzene rings is 1. The summed E-state index contributed by atoms with van der Waals surface area (Å²) in [5.74, 6) is -1.09. The van der Waals surface area contributed by atoms with Crippen LogP contribution in [0.15, 0.2) is 36.0 Å². The first-order valence-electron chi connectivity index (χ1n) is 6.42. The molecule has 0 unspecified atom stereocenters. The summed E-state index contributed by atoms with van der Waals surface area (Å²) in [4.78, 5) is 22.8. The average molecular weight is 331 g/mol. The highest BCUT2D eigenvalue weighted by atomic mass is 19.4. The minimum atomic E-state index is -4.49. The van der Waals surface area contributed by atoms with Crippen LogP contribution < -0.4 is 16.2 Å². The predicted molar refractivity (Wildman–Crippen MR) is 77.0 cm³/mol. The lowest BCUT2D eigenvalue weighted by Gasteiger charge is -2.10. The van der Waals surface area contributed by atoms with Crippen molar-refractivity contribution < 1.29 is 27.5 Å². The summed E-state index contributed by atoms with van der Waals surface area (Å²) in [6.07, 6.45) is -3.40. The predicted octanol–water partition coefficient (Wildman–Crippen LogP) is 1.81. The third-order valence-electron chi connectivity index (χ3n) is 2.48. The Labute approximate surface area is 130 Å². The zero-order valence-corrected chi connectivity index (χ0v) is 12.5. The first-order chi connectivity index (χ1) is 10.7. The van der Waals surface area contributed by atoms with Gasteiger partial charge in [-0.2, -0.15) is 13.2 Å². The van der Waals surface area contributed by atoms with Crippen LogP contribution in [-0.2, 0) is 20.5 Å². The molecule has 2 amide bonds. The Kier molecular flexibility index (Phi) is 6.58. The molecular formula is C14H16F3N3O3. The van der Waals surface area contributed by atoms with Gasteiger partial charge in [0.2, 0.25) is 5.91 Å². The number of amides is 2. The second-order valence-electron chi connectivity index (χ2n) is 4.50. The molecule has 0 aliphatic carbocycles. The minimum Gasteiger partial charge on any atom is -0.375 e. The Balaban J connectivity index is 2.62. The number of methoxy groups -OCH3 is 1. The molecule has 1 rings (SSSR count). The number of hydrogen-bond acceptors (Lipinski definition) is 4. The summed E-state index contributed by atoms with van der Waals surface area (Å²) in [6, 6.07) is 4.26. The zero-order valence-electron chi connectivity index (χ0n) is 12.5. The molecule has 0 aliphatic heterocycles. The van der Waals surface area contributed by atoms with Gasteiger partial charge < -0.3 is 15.5 Å². The number of halogens is 3. The van der Waals surface area contributed by atoms with Crippen LogP contribution in [0.2, 0.25) is 0 Å². The largest absolute Gasteiger partial charge is 0.416 e. The van der Waals surface area contributed by atoms with Crippen molar-refractivity contribution in [3.63, 3.8) is 0 Å². The monoisotopic (exact) mass is 331 g/mol. The van der Waals surface area contributed by atoms with Gasteiger partial charge in [-0.1, -0.05) is 6.07 Å². The van der Waals surface area contributed by atoms with Crippen LogP contribution in [-0.4, -0.2) is 25.5 Å². The van der Waals surface area contributed by atoms with Gasteiger partial charge in [0.25, 0.3) is 5.91 Å². The summed E-state index contributed by atoms with van der Waals surface area (Å²) in [7, 11) is 1.35. The fourth-order valence-electron chi connectivity index (χ4n) is 1.52. The van der Waals surface area contributed by atoms with E-state index in [1.54, 1.807) is 0 Å². The van der Waals surface area contributed by atoms with E-state index in [-0.39, 0.29) is 12.3 Å². The number of carbonyl (C=O) groups is 2. The fourth-order valence-corrected chi connectivity index (χ4v) is 1.52. The first kappa shape index (κ1) is 18.5. The molecule has 23 heavy (non-hydrogen) atoms. The second kappa shape index (κ2) is 8.18. The number of hydrazine groups is 1. The number of anilines is 1. The lowest BCUT2D eigenvalue weighted by atomic mass is 10.2. The average Bonchev–Trinajstić information content (AvgIpc) is 2.44. The van der Waals surface area contributed by atoms with E-state index in [0.29, 0.717) is 5.70 Å². The molecule has 0 saturated carbocycles. The lowest BCUT2D eigenvalue weighted by Crippen LogP contribution is -2.38. The molecule has 126 valence electrons. The van der Waals surface area contributed by atoms with Gasteiger partial charge in [0.05, 0.1) is 5.56 Å². The summed E-state index contributed by atoms with van der Waals surface area (Å²) >= 11 is 0. The van der Waals surface area contributed by atoms with Gasteiger partial charge in [-0.3, -0.25) is 15.0 Å². The van der Waals surface area contributed by atoms with Gasteiger partial charge in [0, 0.05) is 24.6 Å². The number of rotatable bonds is 6. The van der Waals surface area contributed by atoms with Crippen LogP contribution in [0.4, 0.5) is 18.9 Å². The van der Waals surface area contributed by atoms with Gasteiger partial charge in [-0.05, 0) is 25.1 Å². The Morgan fingerprint density at radius 1 is 1.26 bits per heavy atom. The Morgan fingerprint density at radius 2 is 1.96 bits per heavy atom. The number of hydrogen-bond donors (Lipinski definition) is 3. The zero-order chi connectivity index (χ0) is 17.5. The molecule has 0 atom stereocenters. The van der Waals surface area contributed by atoms with Crippen LogP contribution in [0.1, 0.15) is 12.5 Å².